The molecule has 4 rings (SSSR count). The first kappa shape index (κ1) is 16.5. The van der Waals surface area contributed by atoms with Crippen LogP contribution in [-0.2, 0) is 11.3 Å². The van der Waals surface area contributed by atoms with Gasteiger partial charge in [0, 0.05) is 29.9 Å². The maximum Gasteiger partial charge on any atom is 0.228 e. The maximum atomic E-state index is 11.8. The fourth-order valence-corrected chi connectivity index (χ4v) is 2.77. The summed E-state index contributed by atoms with van der Waals surface area (Å²) in [5.74, 6) is 1.24. The highest BCUT2D eigenvalue weighted by atomic mass is 16.3. The first-order valence-corrected chi connectivity index (χ1v) is 8.61. The number of hydrogen-bond donors (Lipinski definition) is 3. The Morgan fingerprint density at radius 2 is 2.19 bits per heavy atom. The van der Waals surface area contributed by atoms with E-state index in [1.54, 1.807) is 13.0 Å². The molecule has 0 aromatic carbocycles. The van der Waals surface area contributed by atoms with Crippen molar-refractivity contribution in [3.05, 3.63) is 48.2 Å². The van der Waals surface area contributed by atoms with E-state index in [2.05, 4.69) is 25.6 Å². The molecule has 1 aliphatic rings. The summed E-state index contributed by atoms with van der Waals surface area (Å²) in [5.41, 5.74) is 2.34. The first-order chi connectivity index (χ1) is 12.6. The Morgan fingerprint density at radius 3 is 2.96 bits per heavy atom. The van der Waals surface area contributed by atoms with Crippen molar-refractivity contribution in [2.75, 3.05) is 10.6 Å². The number of carbonyl (C=O) groups is 1. The van der Waals surface area contributed by atoms with Crippen LogP contribution in [0.25, 0.3) is 5.65 Å². The minimum Gasteiger partial charge on any atom is -0.389 e. The highest BCUT2D eigenvalue weighted by Gasteiger charge is 2.29. The van der Waals surface area contributed by atoms with Crippen LogP contribution in [0, 0.1) is 5.92 Å². The highest BCUT2D eigenvalue weighted by molar-refractivity contribution is 5.93. The van der Waals surface area contributed by atoms with E-state index in [4.69, 9.17) is 0 Å². The van der Waals surface area contributed by atoms with Gasteiger partial charge in [0.25, 0.3) is 0 Å². The van der Waals surface area contributed by atoms with Crippen LogP contribution in [0.1, 0.15) is 37.1 Å². The van der Waals surface area contributed by atoms with Gasteiger partial charge in [-0.3, -0.25) is 4.79 Å². The van der Waals surface area contributed by atoms with Crippen LogP contribution in [0.15, 0.2) is 36.9 Å². The molecule has 3 aromatic heterocycles. The van der Waals surface area contributed by atoms with Gasteiger partial charge in [-0.1, -0.05) is 6.07 Å². The Kier molecular flexibility index (Phi) is 4.26. The number of aromatic nitrogens is 4. The van der Waals surface area contributed by atoms with Gasteiger partial charge in [0.1, 0.15) is 23.6 Å². The Morgan fingerprint density at radius 1 is 1.38 bits per heavy atom. The number of rotatable bonds is 6. The number of anilines is 2. The quantitative estimate of drug-likeness (QED) is 0.628. The molecule has 3 aromatic rings. The van der Waals surface area contributed by atoms with Crippen LogP contribution in [0.3, 0.4) is 0 Å². The van der Waals surface area contributed by atoms with E-state index in [1.807, 2.05) is 28.9 Å². The minimum absolute atomic E-state index is 0.0145. The Bertz CT molecular complexity index is 948. The topological polar surface area (TPSA) is 104 Å². The normalized spacial score (nSPS) is 15.0. The second kappa shape index (κ2) is 6.72. The fourth-order valence-electron chi connectivity index (χ4n) is 2.77. The number of aliphatic hydroxyl groups is 1. The van der Waals surface area contributed by atoms with E-state index in [0.717, 1.165) is 29.7 Å². The molecular weight excluding hydrogens is 332 g/mol. The number of nitrogens with zero attached hydrogens (tertiary/aromatic N) is 4. The SMILES string of the molecule is CC(O)c1cccn2cc(CNc3cc(NC(=O)C4CC4)ncn3)nc12. The summed E-state index contributed by atoms with van der Waals surface area (Å²) in [6, 6.07) is 5.45. The minimum atomic E-state index is -0.582. The van der Waals surface area contributed by atoms with Crippen molar-refractivity contribution in [3.63, 3.8) is 0 Å². The van der Waals surface area contributed by atoms with Gasteiger partial charge in [0.05, 0.1) is 18.3 Å². The van der Waals surface area contributed by atoms with Gasteiger partial charge >= 0.3 is 0 Å². The molecule has 3 N–H and O–H groups in total. The molecule has 3 heterocycles. The molecule has 8 nitrogen and oxygen atoms in total. The number of fused-ring (bicyclic) bond motifs is 1. The molecule has 0 aliphatic heterocycles. The summed E-state index contributed by atoms with van der Waals surface area (Å²) in [5, 5.41) is 15.9. The Balaban J connectivity index is 1.46. The molecule has 26 heavy (non-hydrogen) atoms. The molecule has 8 heteroatoms. The smallest absolute Gasteiger partial charge is 0.228 e. The second-order valence-corrected chi connectivity index (χ2v) is 6.51. The number of aliphatic hydroxyl groups excluding tert-OH is 1. The Hall–Kier alpha value is -3.00. The summed E-state index contributed by atoms with van der Waals surface area (Å²) in [7, 11) is 0. The Labute approximate surface area is 150 Å². The highest BCUT2D eigenvalue weighted by Crippen LogP contribution is 2.30. The van der Waals surface area contributed by atoms with E-state index in [9.17, 15) is 9.90 Å². The average molecular weight is 352 g/mol. The van der Waals surface area contributed by atoms with Crippen LogP contribution in [-0.4, -0.2) is 30.4 Å². The van der Waals surface area contributed by atoms with Gasteiger partial charge in [-0.2, -0.15) is 0 Å². The molecule has 1 unspecified atom stereocenters. The van der Waals surface area contributed by atoms with E-state index in [0.29, 0.717) is 18.2 Å². The summed E-state index contributed by atoms with van der Waals surface area (Å²) in [6.45, 7) is 2.19. The van der Waals surface area contributed by atoms with E-state index in [-0.39, 0.29) is 11.8 Å². The molecule has 1 saturated carbocycles. The van der Waals surface area contributed by atoms with Crippen molar-refractivity contribution in [2.24, 2.45) is 5.92 Å². The maximum absolute atomic E-state index is 11.8. The molecule has 1 amide bonds. The van der Waals surface area contributed by atoms with Crippen molar-refractivity contribution >= 4 is 23.2 Å². The van der Waals surface area contributed by atoms with Crippen molar-refractivity contribution < 1.29 is 9.90 Å². The molecule has 0 bridgehead atoms. The standard InChI is InChI=1S/C18H20N6O2/c1-11(25)14-3-2-6-24-9-13(22-17(14)24)8-19-15-7-16(21-10-20-15)23-18(26)12-4-5-12/h2-3,6-7,9-12,25H,4-5,8H2,1H3,(H2,19,20,21,23,26). The summed E-state index contributed by atoms with van der Waals surface area (Å²) in [4.78, 5) is 24.7. The van der Waals surface area contributed by atoms with E-state index in [1.165, 1.54) is 6.33 Å². The molecular formula is C18H20N6O2. The number of imidazole rings is 1. The lowest BCUT2D eigenvalue weighted by Crippen LogP contribution is -2.14. The molecule has 134 valence electrons. The first-order valence-electron chi connectivity index (χ1n) is 8.61. The van der Waals surface area contributed by atoms with Crippen LogP contribution in [0.5, 0.6) is 0 Å². The third-order valence-corrected chi connectivity index (χ3v) is 4.33. The lowest BCUT2D eigenvalue weighted by atomic mass is 10.2. The third-order valence-electron chi connectivity index (χ3n) is 4.33. The number of amides is 1. The summed E-state index contributed by atoms with van der Waals surface area (Å²) in [6.07, 6.45) is 6.54. The van der Waals surface area contributed by atoms with Crippen molar-refractivity contribution in [3.8, 4) is 0 Å². The van der Waals surface area contributed by atoms with Crippen molar-refractivity contribution in [2.45, 2.75) is 32.4 Å². The fraction of sp³-hybridized carbons (Fsp3) is 0.333. The molecule has 1 aliphatic carbocycles. The predicted octanol–water partition coefficient (Wildman–Crippen LogP) is 2.14. The average Bonchev–Trinajstić information content (AvgIpc) is 3.39. The van der Waals surface area contributed by atoms with Crippen molar-refractivity contribution in [1.29, 1.82) is 0 Å². The van der Waals surface area contributed by atoms with E-state index >= 15 is 0 Å². The zero-order valence-electron chi connectivity index (χ0n) is 14.4. The van der Waals surface area contributed by atoms with E-state index < -0.39 is 6.10 Å². The second-order valence-electron chi connectivity index (χ2n) is 6.51. The zero-order valence-corrected chi connectivity index (χ0v) is 14.4. The van der Waals surface area contributed by atoms with Gasteiger partial charge in [-0.05, 0) is 25.8 Å². The summed E-state index contributed by atoms with van der Waals surface area (Å²) < 4.78 is 1.89. The number of nitrogens with one attached hydrogen (secondary N) is 2. The molecule has 0 saturated heterocycles. The van der Waals surface area contributed by atoms with Gasteiger partial charge in [-0.25, -0.2) is 15.0 Å². The lowest BCUT2D eigenvalue weighted by molar-refractivity contribution is -0.117. The number of hydrogen-bond acceptors (Lipinski definition) is 6. The van der Waals surface area contributed by atoms with Crippen LogP contribution in [0.4, 0.5) is 11.6 Å². The molecule has 0 spiro atoms. The van der Waals surface area contributed by atoms with Crippen LogP contribution < -0.4 is 10.6 Å². The number of carbonyl (C=O) groups excluding carboxylic acids is 1. The third kappa shape index (κ3) is 3.50. The zero-order chi connectivity index (χ0) is 18.1. The lowest BCUT2D eigenvalue weighted by Gasteiger charge is -2.06. The van der Waals surface area contributed by atoms with Gasteiger partial charge in [0.15, 0.2) is 0 Å². The molecule has 1 atom stereocenters. The monoisotopic (exact) mass is 352 g/mol. The predicted molar refractivity (Wildman–Crippen MR) is 96.5 cm³/mol. The van der Waals surface area contributed by atoms with Crippen LogP contribution >= 0.6 is 0 Å². The molecule has 0 radical (unpaired) electrons. The number of pyridine rings is 1. The van der Waals surface area contributed by atoms with Gasteiger partial charge < -0.3 is 20.1 Å². The summed E-state index contributed by atoms with van der Waals surface area (Å²) >= 11 is 0. The van der Waals surface area contributed by atoms with Gasteiger partial charge in [0.2, 0.25) is 5.91 Å². The van der Waals surface area contributed by atoms with Crippen molar-refractivity contribution in [1.82, 2.24) is 19.4 Å². The molecule has 1 fully saturated rings. The largest absolute Gasteiger partial charge is 0.389 e. The van der Waals surface area contributed by atoms with Gasteiger partial charge in [-0.15, -0.1) is 0 Å². The van der Waals surface area contributed by atoms with Crippen LogP contribution in [0.2, 0.25) is 0 Å².